The van der Waals surface area contributed by atoms with Crippen LogP contribution in [0.2, 0.25) is 0 Å². The Balaban J connectivity index is 1.74. The van der Waals surface area contributed by atoms with Crippen molar-refractivity contribution >= 4 is 21.6 Å². The highest BCUT2D eigenvalue weighted by Gasteiger charge is 2.19. The minimum absolute atomic E-state index is 0.0163. The van der Waals surface area contributed by atoms with Crippen LogP contribution in [0.15, 0.2) is 47.4 Å². The van der Waals surface area contributed by atoms with Crippen LogP contribution < -0.4 is 10.0 Å². The summed E-state index contributed by atoms with van der Waals surface area (Å²) in [6.07, 6.45) is 0. The van der Waals surface area contributed by atoms with E-state index in [2.05, 4.69) is 10.0 Å². The first-order valence-corrected chi connectivity index (χ1v) is 9.74. The number of carbonyl (C=O) groups excluding carboxylic acids is 1. The molecule has 8 heteroatoms. The molecule has 1 amide bonds. The van der Waals surface area contributed by atoms with Crippen LogP contribution >= 0.6 is 0 Å². The molecule has 1 heterocycles. The number of aryl methyl sites for hydroxylation is 1. The normalized spacial score (nSPS) is 14.9. The molecular weight excluding hydrogens is 357 g/mol. The Hall–Kier alpha value is -2.45. The number of sulfonamides is 1. The van der Waals surface area contributed by atoms with E-state index in [0.717, 1.165) is 19.2 Å². The maximum absolute atomic E-state index is 13.3. The topological polar surface area (TPSA) is 78.5 Å². The molecule has 2 N–H and O–H groups in total. The van der Waals surface area contributed by atoms with E-state index in [9.17, 15) is 17.6 Å². The van der Waals surface area contributed by atoms with Crippen molar-refractivity contribution in [1.29, 1.82) is 0 Å². The molecule has 0 radical (unpaired) electrons. The van der Waals surface area contributed by atoms with Crippen molar-refractivity contribution in [3.8, 4) is 0 Å². The summed E-state index contributed by atoms with van der Waals surface area (Å²) < 4.78 is 40.6. The van der Waals surface area contributed by atoms with Crippen LogP contribution in [0.4, 0.5) is 10.1 Å². The fourth-order valence-corrected chi connectivity index (χ4v) is 3.87. The van der Waals surface area contributed by atoms with Crippen molar-refractivity contribution in [2.75, 3.05) is 30.9 Å². The van der Waals surface area contributed by atoms with Gasteiger partial charge < -0.3 is 10.2 Å². The summed E-state index contributed by atoms with van der Waals surface area (Å²) >= 11 is 0. The first-order valence-electron chi connectivity index (χ1n) is 8.26. The van der Waals surface area contributed by atoms with Gasteiger partial charge in [0.05, 0.1) is 4.90 Å². The number of rotatable bonds is 4. The van der Waals surface area contributed by atoms with Gasteiger partial charge in [0.1, 0.15) is 5.82 Å². The minimum Gasteiger partial charge on any atom is -0.336 e. The Morgan fingerprint density at radius 1 is 1.12 bits per heavy atom. The summed E-state index contributed by atoms with van der Waals surface area (Å²) in [5, 5.41) is 3.18. The predicted molar refractivity (Wildman–Crippen MR) is 97.2 cm³/mol. The van der Waals surface area contributed by atoms with Crippen LogP contribution in [0.5, 0.6) is 0 Å². The highest BCUT2D eigenvalue weighted by Crippen LogP contribution is 2.19. The number of amides is 1. The fraction of sp³-hybridized carbons (Fsp3) is 0.278. The van der Waals surface area contributed by atoms with E-state index in [1.807, 2.05) is 0 Å². The smallest absolute Gasteiger partial charge is 0.261 e. The molecule has 1 aliphatic rings. The van der Waals surface area contributed by atoms with Crippen molar-refractivity contribution in [2.45, 2.75) is 11.8 Å². The van der Waals surface area contributed by atoms with Gasteiger partial charge in [0.2, 0.25) is 0 Å². The Morgan fingerprint density at radius 3 is 2.38 bits per heavy atom. The van der Waals surface area contributed by atoms with Crippen molar-refractivity contribution in [3.05, 3.63) is 59.4 Å². The largest absolute Gasteiger partial charge is 0.336 e. The van der Waals surface area contributed by atoms with Crippen LogP contribution in [-0.4, -0.2) is 45.4 Å². The quantitative estimate of drug-likeness (QED) is 0.854. The summed E-state index contributed by atoms with van der Waals surface area (Å²) in [7, 11) is -3.83. The molecule has 2 aromatic carbocycles. The predicted octanol–water partition coefficient (Wildman–Crippen LogP) is 1.98. The lowest BCUT2D eigenvalue weighted by Gasteiger charge is -2.27. The van der Waals surface area contributed by atoms with E-state index in [1.54, 1.807) is 29.2 Å². The zero-order valence-corrected chi connectivity index (χ0v) is 15.1. The van der Waals surface area contributed by atoms with Gasteiger partial charge in [-0.1, -0.05) is 0 Å². The third-order valence-electron chi connectivity index (χ3n) is 4.23. The molecule has 0 atom stereocenters. The van der Waals surface area contributed by atoms with Gasteiger partial charge in [0.25, 0.3) is 15.9 Å². The van der Waals surface area contributed by atoms with E-state index < -0.39 is 15.8 Å². The molecule has 0 aliphatic carbocycles. The van der Waals surface area contributed by atoms with Crippen molar-refractivity contribution in [2.24, 2.45) is 0 Å². The number of nitrogens with one attached hydrogen (secondary N) is 2. The molecular formula is C18H20FN3O3S. The Morgan fingerprint density at radius 2 is 1.77 bits per heavy atom. The number of carbonyl (C=O) groups is 1. The lowest BCUT2D eigenvalue weighted by Crippen LogP contribution is -2.46. The summed E-state index contributed by atoms with van der Waals surface area (Å²) in [5.41, 5.74) is 1.10. The van der Waals surface area contributed by atoms with Crippen molar-refractivity contribution < 1.29 is 17.6 Å². The zero-order valence-electron chi connectivity index (χ0n) is 14.3. The first kappa shape index (κ1) is 18.3. The monoisotopic (exact) mass is 377 g/mol. The lowest BCUT2D eigenvalue weighted by atomic mass is 10.1. The fourth-order valence-electron chi connectivity index (χ4n) is 2.73. The summed E-state index contributed by atoms with van der Waals surface area (Å²) in [6.45, 7) is 4.33. The Kier molecular flexibility index (Phi) is 5.24. The zero-order chi connectivity index (χ0) is 18.7. The molecule has 26 heavy (non-hydrogen) atoms. The Bertz CT molecular complexity index is 908. The third kappa shape index (κ3) is 4.03. The molecule has 1 aliphatic heterocycles. The van der Waals surface area contributed by atoms with Gasteiger partial charge in [-0.25, -0.2) is 12.8 Å². The van der Waals surface area contributed by atoms with E-state index in [4.69, 9.17) is 0 Å². The first-order chi connectivity index (χ1) is 12.4. The summed E-state index contributed by atoms with van der Waals surface area (Å²) in [4.78, 5) is 14.2. The van der Waals surface area contributed by atoms with Crippen molar-refractivity contribution in [1.82, 2.24) is 10.2 Å². The van der Waals surface area contributed by atoms with E-state index in [-0.39, 0.29) is 16.4 Å². The van der Waals surface area contributed by atoms with Crippen LogP contribution in [-0.2, 0) is 10.0 Å². The van der Waals surface area contributed by atoms with Gasteiger partial charge in [-0.2, -0.15) is 0 Å². The summed E-state index contributed by atoms with van der Waals surface area (Å²) in [6, 6.07) is 9.90. The van der Waals surface area contributed by atoms with E-state index >= 15 is 0 Å². The van der Waals surface area contributed by atoms with Gasteiger partial charge in [-0.3, -0.25) is 9.52 Å². The maximum Gasteiger partial charge on any atom is 0.261 e. The molecule has 138 valence electrons. The second kappa shape index (κ2) is 7.43. The number of piperazine rings is 1. The number of nitrogens with zero attached hydrogens (tertiary/aromatic N) is 1. The number of hydrogen-bond donors (Lipinski definition) is 2. The summed E-state index contributed by atoms with van der Waals surface area (Å²) in [5.74, 6) is -0.533. The molecule has 0 unspecified atom stereocenters. The van der Waals surface area contributed by atoms with Crippen LogP contribution in [0.1, 0.15) is 15.9 Å². The van der Waals surface area contributed by atoms with Crippen LogP contribution in [0.3, 0.4) is 0 Å². The van der Waals surface area contributed by atoms with E-state index in [0.29, 0.717) is 24.3 Å². The highest BCUT2D eigenvalue weighted by molar-refractivity contribution is 7.92. The molecule has 0 saturated carbocycles. The Labute approximate surface area is 152 Å². The lowest BCUT2D eigenvalue weighted by molar-refractivity contribution is 0.0736. The minimum atomic E-state index is -3.83. The van der Waals surface area contributed by atoms with Crippen LogP contribution in [0.25, 0.3) is 0 Å². The molecule has 0 aromatic heterocycles. The van der Waals surface area contributed by atoms with Gasteiger partial charge in [-0.05, 0) is 55.0 Å². The van der Waals surface area contributed by atoms with Gasteiger partial charge in [0.15, 0.2) is 0 Å². The second-order valence-corrected chi connectivity index (χ2v) is 7.82. The number of anilines is 1. The maximum atomic E-state index is 13.3. The molecule has 0 bridgehead atoms. The van der Waals surface area contributed by atoms with Gasteiger partial charge >= 0.3 is 0 Å². The van der Waals surface area contributed by atoms with Gasteiger partial charge in [0, 0.05) is 37.4 Å². The molecule has 1 saturated heterocycles. The third-order valence-corrected chi connectivity index (χ3v) is 5.61. The van der Waals surface area contributed by atoms with E-state index in [1.165, 1.54) is 19.1 Å². The molecule has 3 rings (SSSR count). The molecule has 6 nitrogen and oxygen atoms in total. The average Bonchev–Trinajstić information content (AvgIpc) is 2.64. The van der Waals surface area contributed by atoms with Gasteiger partial charge in [-0.15, -0.1) is 0 Å². The second-order valence-electron chi connectivity index (χ2n) is 6.14. The number of hydrogen-bond acceptors (Lipinski definition) is 4. The SMILES string of the molecule is Cc1cc(S(=O)(=O)Nc2ccc(C(=O)N3CCNCC3)cc2)ccc1F. The standard InChI is InChI=1S/C18H20FN3O3S/c1-13-12-16(6-7-17(13)19)26(24,25)21-15-4-2-14(3-5-15)18(23)22-10-8-20-9-11-22/h2-7,12,20-21H,8-11H2,1H3. The number of halogens is 1. The molecule has 0 spiro atoms. The highest BCUT2D eigenvalue weighted by atomic mass is 32.2. The number of benzene rings is 2. The van der Waals surface area contributed by atoms with Crippen LogP contribution in [0, 0.1) is 12.7 Å². The molecule has 2 aromatic rings. The molecule has 1 fully saturated rings. The average molecular weight is 377 g/mol. The van der Waals surface area contributed by atoms with Crippen molar-refractivity contribution in [3.63, 3.8) is 0 Å².